The minimum atomic E-state index is -0.337. The molecule has 0 aliphatic heterocycles. The monoisotopic (exact) mass is 909 g/mol. The van der Waals surface area contributed by atoms with Crippen molar-refractivity contribution < 1.29 is 30.0 Å². The van der Waals surface area contributed by atoms with Gasteiger partial charge in [-0.1, -0.05) is 97.5 Å². The minimum absolute atomic E-state index is 0. The Balaban J connectivity index is 0.000000289. The Labute approximate surface area is 333 Å². The van der Waals surface area contributed by atoms with Gasteiger partial charge in [-0.3, -0.25) is 9.78 Å². The summed E-state index contributed by atoms with van der Waals surface area (Å²) in [5.74, 6) is 0.286. The third-order valence-corrected chi connectivity index (χ3v) is 13.7. The predicted molar refractivity (Wildman–Crippen MR) is 223 cm³/mol. The molecule has 0 bridgehead atoms. The average Bonchev–Trinajstić information content (AvgIpc) is 3.68. The molecule has 0 aliphatic carbocycles. The Hall–Kier alpha value is -3.15. The summed E-state index contributed by atoms with van der Waals surface area (Å²) >= 11 is 3.69. The van der Waals surface area contributed by atoms with E-state index in [9.17, 15) is 9.90 Å². The van der Waals surface area contributed by atoms with Crippen molar-refractivity contribution in [1.29, 1.82) is 0 Å². The summed E-state index contributed by atoms with van der Waals surface area (Å²) in [6.07, 6.45) is 6.70. The van der Waals surface area contributed by atoms with Crippen LogP contribution in [0.25, 0.3) is 52.6 Å². The fourth-order valence-corrected chi connectivity index (χ4v) is 8.76. The molecule has 3 nitrogen and oxygen atoms in total. The van der Waals surface area contributed by atoms with Crippen molar-refractivity contribution in [2.45, 2.75) is 107 Å². The molecule has 0 saturated heterocycles. The summed E-state index contributed by atoms with van der Waals surface area (Å²) in [5, 5.41) is 17.4. The topological polar surface area (TPSA) is 50.2 Å². The molecule has 52 heavy (non-hydrogen) atoms. The maximum absolute atomic E-state index is 12.2. The van der Waals surface area contributed by atoms with Crippen LogP contribution in [0.5, 0.6) is 0 Å². The molecule has 6 heteroatoms. The molecule has 3 aromatic heterocycles. The summed E-state index contributed by atoms with van der Waals surface area (Å²) < 4.78 is 2.63. The number of benzene rings is 3. The van der Waals surface area contributed by atoms with Crippen molar-refractivity contribution in [3.05, 3.63) is 101 Å². The number of allylic oxidation sites excluding steroid dienone is 2. The molecule has 0 fully saturated rings. The maximum Gasteiger partial charge on any atom is 0.164 e. The van der Waals surface area contributed by atoms with E-state index < -0.39 is 0 Å². The van der Waals surface area contributed by atoms with E-state index in [4.69, 9.17) is 4.98 Å². The maximum atomic E-state index is 12.2. The van der Waals surface area contributed by atoms with Gasteiger partial charge in [0.15, 0.2) is 5.78 Å². The van der Waals surface area contributed by atoms with E-state index in [2.05, 4.69) is 101 Å². The molecule has 0 aliphatic rings. The van der Waals surface area contributed by atoms with Crippen LogP contribution < -0.4 is 0 Å². The first-order valence-corrected chi connectivity index (χ1v) is 20.1. The van der Waals surface area contributed by atoms with E-state index >= 15 is 0 Å². The Kier molecular flexibility index (Phi) is 13.2. The van der Waals surface area contributed by atoms with E-state index in [0.717, 1.165) is 42.3 Å². The molecule has 0 unspecified atom stereocenters. The Morgan fingerprint density at radius 1 is 0.846 bits per heavy atom. The molecule has 0 spiro atoms. The van der Waals surface area contributed by atoms with Crippen LogP contribution in [-0.4, -0.2) is 15.9 Å². The molecule has 1 N–H and O–H groups in total. The first-order chi connectivity index (χ1) is 24.1. The molecular weight excluding hydrogens is 855 g/mol. The van der Waals surface area contributed by atoms with Crippen LogP contribution in [0.1, 0.15) is 105 Å². The molecule has 6 aromatic rings. The van der Waals surface area contributed by atoms with Crippen LogP contribution in [0.15, 0.2) is 78.0 Å². The number of aryl methyl sites for hydroxylation is 2. The number of carbonyl (C=O) groups is 1. The van der Waals surface area contributed by atoms with Crippen molar-refractivity contribution in [3.8, 4) is 21.7 Å². The van der Waals surface area contributed by atoms with Crippen molar-refractivity contribution in [2.24, 2.45) is 10.8 Å². The van der Waals surface area contributed by atoms with Gasteiger partial charge in [-0.25, -0.2) is 0 Å². The van der Waals surface area contributed by atoms with Crippen molar-refractivity contribution in [2.75, 3.05) is 0 Å². The average molecular weight is 909 g/mol. The quantitative estimate of drug-likeness (QED) is 0.0893. The zero-order valence-electron chi connectivity index (χ0n) is 32.7. The summed E-state index contributed by atoms with van der Waals surface area (Å²) in [4.78, 5) is 18.4. The number of carbonyl (C=O) groups excluding carboxylic acids is 1. The van der Waals surface area contributed by atoms with Crippen molar-refractivity contribution in [1.82, 2.24) is 4.98 Å². The smallest absolute Gasteiger partial charge is 0.164 e. The molecule has 6 rings (SSSR count). The molecule has 0 atom stereocenters. The first kappa shape index (κ1) is 41.6. The van der Waals surface area contributed by atoms with Gasteiger partial charge in [0.2, 0.25) is 0 Å². The number of aromatic nitrogens is 1. The zero-order chi connectivity index (χ0) is 37.3. The molecule has 3 heterocycles. The summed E-state index contributed by atoms with van der Waals surface area (Å²) in [6.45, 7) is 23.4. The van der Waals surface area contributed by atoms with Gasteiger partial charge in [-0.05, 0) is 96.0 Å². The summed E-state index contributed by atoms with van der Waals surface area (Å²) in [7, 11) is 0. The Morgan fingerprint density at radius 3 is 2.13 bits per heavy atom. The second-order valence-corrected chi connectivity index (χ2v) is 17.5. The second kappa shape index (κ2) is 16.5. The Morgan fingerprint density at radius 2 is 1.50 bits per heavy atom. The number of ketones is 1. The van der Waals surface area contributed by atoms with Crippen LogP contribution in [0.4, 0.5) is 0 Å². The number of nitrogens with zero attached hydrogens (tertiary/aromatic N) is 1. The number of hydrogen-bond donors (Lipinski definition) is 1. The fourth-order valence-electron chi connectivity index (χ4n) is 6.63. The normalized spacial score (nSPS) is 12.6. The standard InChI is InChI=1S/C31H26NS2.C15H28O2.Ir/c1-18-17-33-26-11-10-21(15-24(18)26)30-19(2)28-27(34-30)12-13-32-29(28)22-14-20-8-6-7-9-23(20)25(16-22)31(3,4)5;1-7-14(5,8-2)12(16)11-13(17)15(6,9-3)10-4;/h6-13,15-17H,1-5H3;11,16H,7-10H2,1-6H3;/q-1;;/b;12-11-;. The van der Waals surface area contributed by atoms with Gasteiger partial charge in [-0.2, -0.15) is 0 Å². The van der Waals surface area contributed by atoms with Gasteiger partial charge in [0, 0.05) is 63.2 Å². The number of fused-ring (bicyclic) bond motifs is 3. The van der Waals surface area contributed by atoms with Gasteiger partial charge in [-0.15, -0.1) is 51.8 Å². The van der Waals surface area contributed by atoms with E-state index in [1.54, 1.807) is 0 Å². The van der Waals surface area contributed by atoms with E-state index in [1.165, 1.54) is 58.8 Å². The molecule has 0 amide bonds. The molecule has 277 valence electrons. The van der Waals surface area contributed by atoms with Crippen LogP contribution in [0.3, 0.4) is 0 Å². The van der Waals surface area contributed by atoms with Gasteiger partial charge in [0.05, 0.1) is 0 Å². The predicted octanol–water partition coefficient (Wildman–Crippen LogP) is 14.4. The molecule has 1 radical (unpaired) electrons. The summed E-state index contributed by atoms with van der Waals surface area (Å²) in [5.41, 5.74) is 6.80. The SMILES string of the molecule is CCC(C)(CC)C(=O)/C=C(\O)C(C)(CC)CC.Cc1csc2ccc(-c3sc4ccnc(-c5[c-]c6ccccc6c(C(C)(C)C)c5)c4c3C)cc12.[Ir]. The number of aliphatic hydroxyl groups is 1. The number of pyridine rings is 1. The molecule has 3 aromatic carbocycles. The fraction of sp³-hybridized carbons (Fsp3) is 0.391. The second-order valence-electron chi connectivity index (χ2n) is 15.5. The van der Waals surface area contributed by atoms with Crippen LogP contribution >= 0.6 is 22.7 Å². The van der Waals surface area contributed by atoms with Crippen molar-refractivity contribution >= 4 is 59.4 Å². The number of thiophene rings is 2. The van der Waals surface area contributed by atoms with Gasteiger partial charge >= 0.3 is 0 Å². The van der Waals surface area contributed by atoms with E-state index in [0.29, 0.717) is 0 Å². The molecule has 0 saturated carbocycles. The van der Waals surface area contributed by atoms with Crippen LogP contribution in [-0.2, 0) is 30.3 Å². The van der Waals surface area contributed by atoms with Gasteiger partial charge in [0.1, 0.15) is 5.76 Å². The van der Waals surface area contributed by atoms with Crippen LogP contribution in [0.2, 0.25) is 0 Å². The zero-order valence-corrected chi connectivity index (χ0v) is 36.7. The largest absolute Gasteiger partial charge is 0.512 e. The third-order valence-electron chi connectivity index (χ3n) is 11.3. The minimum Gasteiger partial charge on any atom is -0.512 e. The van der Waals surface area contributed by atoms with E-state index in [1.807, 2.05) is 70.4 Å². The van der Waals surface area contributed by atoms with Gasteiger partial charge < -0.3 is 5.11 Å². The number of aliphatic hydroxyl groups excluding tert-OH is 1. The number of hydrogen-bond acceptors (Lipinski definition) is 5. The Bertz CT molecular complexity index is 2220. The van der Waals surface area contributed by atoms with Crippen LogP contribution in [0, 0.1) is 30.7 Å². The number of rotatable bonds is 9. The third kappa shape index (κ3) is 8.16. The first-order valence-electron chi connectivity index (χ1n) is 18.4. The van der Waals surface area contributed by atoms with Gasteiger partial charge in [0.25, 0.3) is 0 Å². The van der Waals surface area contributed by atoms with E-state index in [-0.39, 0.29) is 47.9 Å². The molecular formula is C46H54IrNO2S2-. The van der Waals surface area contributed by atoms with Crippen molar-refractivity contribution in [3.63, 3.8) is 0 Å². The summed E-state index contributed by atoms with van der Waals surface area (Å²) in [6, 6.07) is 23.6.